The first-order chi connectivity index (χ1) is 7.08. The molecule has 0 aliphatic carbocycles. The van der Waals surface area contributed by atoms with Crippen LogP contribution in [0.5, 0.6) is 0 Å². The Morgan fingerprint density at radius 2 is 2.33 bits per heavy atom. The summed E-state index contributed by atoms with van der Waals surface area (Å²) in [6.07, 6.45) is 0. The van der Waals surface area contributed by atoms with E-state index < -0.39 is 10.2 Å². The monoisotopic (exact) mass is 237 g/mol. The number of ether oxygens (including phenoxy) is 1. The van der Waals surface area contributed by atoms with Gasteiger partial charge in [0, 0.05) is 39.3 Å². The summed E-state index contributed by atoms with van der Waals surface area (Å²) in [5.74, 6) is 0. The van der Waals surface area contributed by atoms with E-state index in [1.807, 2.05) is 6.92 Å². The van der Waals surface area contributed by atoms with Gasteiger partial charge >= 0.3 is 0 Å². The minimum absolute atomic E-state index is 0.00112. The van der Waals surface area contributed by atoms with E-state index in [4.69, 9.17) is 4.74 Å². The van der Waals surface area contributed by atoms with Crippen LogP contribution in [0.25, 0.3) is 0 Å². The predicted molar refractivity (Wildman–Crippen MR) is 57.8 cm³/mol. The molecular weight excluding hydrogens is 218 g/mol. The maximum absolute atomic E-state index is 11.8. The minimum Gasteiger partial charge on any atom is -0.383 e. The second-order valence-corrected chi connectivity index (χ2v) is 5.26. The first-order valence-electron chi connectivity index (χ1n) is 5.04. The van der Waals surface area contributed by atoms with Gasteiger partial charge < -0.3 is 10.1 Å². The van der Waals surface area contributed by atoms with Gasteiger partial charge in [-0.3, -0.25) is 0 Å². The molecule has 0 aromatic carbocycles. The van der Waals surface area contributed by atoms with Crippen LogP contribution in [0.15, 0.2) is 0 Å². The maximum atomic E-state index is 11.8. The van der Waals surface area contributed by atoms with E-state index in [0.29, 0.717) is 32.8 Å². The molecule has 0 amide bonds. The summed E-state index contributed by atoms with van der Waals surface area (Å²) in [5.41, 5.74) is 0. The highest BCUT2D eigenvalue weighted by Gasteiger charge is 2.28. The summed E-state index contributed by atoms with van der Waals surface area (Å²) < 4.78 is 32.4. The van der Waals surface area contributed by atoms with Crippen LogP contribution in [0.3, 0.4) is 0 Å². The van der Waals surface area contributed by atoms with E-state index in [1.54, 1.807) is 7.11 Å². The molecule has 1 aliphatic heterocycles. The largest absolute Gasteiger partial charge is 0.383 e. The van der Waals surface area contributed by atoms with Gasteiger partial charge in [-0.2, -0.15) is 17.4 Å². The number of hydrogen-bond acceptors (Lipinski definition) is 4. The number of rotatable bonds is 5. The van der Waals surface area contributed by atoms with Crippen LogP contribution in [0, 0.1) is 0 Å². The van der Waals surface area contributed by atoms with E-state index in [-0.39, 0.29) is 6.04 Å². The summed E-state index contributed by atoms with van der Waals surface area (Å²) in [5, 5.41) is 3.15. The van der Waals surface area contributed by atoms with Gasteiger partial charge in [-0.1, -0.05) is 0 Å². The molecule has 0 saturated carbocycles. The number of piperazine rings is 1. The number of hydrogen-bond donors (Lipinski definition) is 2. The lowest BCUT2D eigenvalue weighted by Crippen LogP contribution is -2.55. The fourth-order valence-corrected chi connectivity index (χ4v) is 2.92. The van der Waals surface area contributed by atoms with Crippen molar-refractivity contribution in [2.45, 2.75) is 13.0 Å². The quantitative estimate of drug-likeness (QED) is 0.587. The van der Waals surface area contributed by atoms with Crippen LogP contribution in [0.2, 0.25) is 0 Å². The third-order valence-corrected chi connectivity index (χ3v) is 4.07. The Hall–Kier alpha value is -0.210. The highest BCUT2D eigenvalue weighted by molar-refractivity contribution is 7.87. The fourth-order valence-electron chi connectivity index (χ4n) is 1.54. The van der Waals surface area contributed by atoms with Crippen molar-refractivity contribution < 1.29 is 13.2 Å². The Kier molecular flexibility index (Phi) is 4.94. The van der Waals surface area contributed by atoms with E-state index in [9.17, 15) is 8.42 Å². The molecule has 0 radical (unpaired) electrons. The minimum atomic E-state index is -3.34. The van der Waals surface area contributed by atoms with Crippen LogP contribution in [0.4, 0.5) is 0 Å². The Morgan fingerprint density at radius 3 is 2.93 bits per heavy atom. The Morgan fingerprint density at radius 1 is 1.60 bits per heavy atom. The van der Waals surface area contributed by atoms with Crippen molar-refractivity contribution in [1.29, 1.82) is 0 Å². The van der Waals surface area contributed by atoms with Crippen molar-refractivity contribution >= 4 is 10.2 Å². The molecule has 1 saturated heterocycles. The number of nitrogens with one attached hydrogen (secondary N) is 2. The predicted octanol–water partition coefficient (Wildman–Crippen LogP) is -1.24. The van der Waals surface area contributed by atoms with Gasteiger partial charge in [0.05, 0.1) is 6.61 Å². The molecule has 0 aromatic heterocycles. The molecular formula is C8H19N3O3S. The van der Waals surface area contributed by atoms with E-state index >= 15 is 0 Å². The summed E-state index contributed by atoms with van der Waals surface area (Å²) in [4.78, 5) is 0. The van der Waals surface area contributed by atoms with Crippen molar-refractivity contribution in [2.24, 2.45) is 0 Å². The SMILES string of the molecule is COCCNS(=O)(=O)N1CCNC[C@H]1C. The molecule has 1 heterocycles. The zero-order chi connectivity index (χ0) is 11.3. The summed E-state index contributed by atoms with van der Waals surface area (Å²) in [6.45, 7) is 4.51. The van der Waals surface area contributed by atoms with E-state index in [0.717, 1.165) is 0 Å². The van der Waals surface area contributed by atoms with Crippen LogP contribution >= 0.6 is 0 Å². The Bertz CT molecular complexity index is 281. The second-order valence-electron chi connectivity index (χ2n) is 3.56. The molecule has 0 unspecified atom stereocenters. The normalized spacial score (nSPS) is 24.3. The molecule has 1 atom stereocenters. The average Bonchev–Trinajstić information content (AvgIpc) is 2.18. The van der Waals surface area contributed by atoms with Gasteiger partial charge in [0.1, 0.15) is 0 Å². The lowest BCUT2D eigenvalue weighted by atomic mass is 10.3. The molecule has 1 rings (SSSR count). The van der Waals surface area contributed by atoms with Gasteiger partial charge in [0.2, 0.25) is 0 Å². The lowest BCUT2D eigenvalue weighted by molar-refractivity contribution is 0.202. The topological polar surface area (TPSA) is 70.7 Å². The second kappa shape index (κ2) is 5.76. The summed E-state index contributed by atoms with van der Waals surface area (Å²) in [7, 11) is -1.80. The zero-order valence-corrected chi connectivity index (χ0v) is 10.0. The molecule has 0 aromatic rings. The highest BCUT2D eigenvalue weighted by atomic mass is 32.2. The Balaban J connectivity index is 2.51. The number of methoxy groups -OCH3 is 1. The smallest absolute Gasteiger partial charge is 0.279 e. The first kappa shape index (κ1) is 12.9. The van der Waals surface area contributed by atoms with Gasteiger partial charge in [0.25, 0.3) is 10.2 Å². The lowest BCUT2D eigenvalue weighted by Gasteiger charge is -2.32. The molecule has 90 valence electrons. The molecule has 1 fully saturated rings. The average molecular weight is 237 g/mol. The van der Waals surface area contributed by atoms with E-state index in [2.05, 4.69) is 10.0 Å². The van der Waals surface area contributed by atoms with Gasteiger partial charge in [-0.15, -0.1) is 0 Å². The number of nitrogens with zero attached hydrogens (tertiary/aromatic N) is 1. The van der Waals surface area contributed by atoms with Crippen molar-refractivity contribution in [1.82, 2.24) is 14.3 Å². The van der Waals surface area contributed by atoms with Crippen LogP contribution in [0.1, 0.15) is 6.92 Å². The Labute approximate surface area is 91.2 Å². The van der Waals surface area contributed by atoms with Crippen molar-refractivity contribution in [3.8, 4) is 0 Å². The standard InChI is InChI=1S/C8H19N3O3S/c1-8-7-9-3-5-11(8)15(12,13)10-4-6-14-2/h8-10H,3-7H2,1-2H3/t8-/m1/s1. The van der Waals surface area contributed by atoms with Crippen LogP contribution in [-0.4, -0.2) is 58.7 Å². The van der Waals surface area contributed by atoms with E-state index in [1.165, 1.54) is 4.31 Å². The molecule has 1 aliphatic rings. The molecule has 6 nitrogen and oxygen atoms in total. The summed E-state index contributed by atoms with van der Waals surface area (Å²) in [6, 6.07) is -0.00112. The molecule has 15 heavy (non-hydrogen) atoms. The maximum Gasteiger partial charge on any atom is 0.279 e. The third kappa shape index (κ3) is 3.69. The third-order valence-electron chi connectivity index (χ3n) is 2.34. The zero-order valence-electron chi connectivity index (χ0n) is 9.19. The van der Waals surface area contributed by atoms with Crippen LogP contribution < -0.4 is 10.0 Å². The van der Waals surface area contributed by atoms with Gasteiger partial charge in [-0.05, 0) is 6.92 Å². The molecule has 2 N–H and O–H groups in total. The highest BCUT2D eigenvalue weighted by Crippen LogP contribution is 2.07. The van der Waals surface area contributed by atoms with Crippen molar-refractivity contribution in [3.05, 3.63) is 0 Å². The first-order valence-corrected chi connectivity index (χ1v) is 6.48. The van der Waals surface area contributed by atoms with Gasteiger partial charge in [0.15, 0.2) is 0 Å². The summed E-state index contributed by atoms with van der Waals surface area (Å²) >= 11 is 0. The fraction of sp³-hybridized carbons (Fsp3) is 1.00. The van der Waals surface area contributed by atoms with Crippen molar-refractivity contribution in [2.75, 3.05) is 39.9 Å². The van der Waals surface area contributed by atoms with Crippen molar-refractivity contribution in [3.63, 3.8) is 0 Å². The van der Waals surface area contributed by atoms with Gasteiger partial charge in [-0.25, -0.2) is 0 Å². The van der Waals surface area contributed by atoms with Crippen LogP contribution in [-0.2, 0) is 14.9 Å². The molecule has 0 bridgehead atoms. The molecule has 0 spiro atoms. The molecule has 7 heteroatoms.